The highest BCUT2D eigenvalue weighted by Gasteiger charge is 2.11. The van der Waals surface area contributed by atoms with Crippen molar-refractivity contribution in [1.82, 2.24) is 14.8 Å². The van der Waals surface area contributed by atoms with Crippen molar-refractivity contribution in [1.29, 1.82) is 0 Å². The molecule has 3 rings (SSSR count). The van der Waals surface area contributed by atoms with E-state index in [4.69, 9.17) is 4.74 Å². The number of rotatable bonds is 6. The minimum atomic E-state index is -0.478. The standard InChI is InChI=1S/C18H16FN5O3/c1-27-15-4-2-3-14(9-15)21-16(25)10-24-11-20-18(23-24)22-17(26)12-5-7-13(19)8-6-12/h2-9,11H,10H2,1H3,(H,21,25)(H,22,23,26). The number of nitrogens with zero attached hydrogens (tertiary/aromatic N) is 3. The summed E-state index contributed by atoms with van der Waals surface area (Å²) in [6, 6.07) is 12.0. The first-order valence-electron chi connectivity index (χ1n) is 7.94. The second-order valence-electron chi connectivity index (χ2n) is 5.51. The predicted octanol–water partition coefficient (Wildman–Crippen LogP) is 2.32. The fraction of sp³-hybridized carbons (Fsp3) is 0.111. The van der Waals surface area contributed by atoms with E-state index in [-0.39, 0.29) is 24.0 Å². The van der Waals surface area contributed by atoms with Gasteiger partial charge < -0.3 is 10.1 Å². The van der Waals surface area contributed by atoms with Gasteiger partial charge in [0.1, 0.15) is 24.4 Å². The molecule has 8 nitrogen and oxygen atoms in total. The smallest absolute Gasteiger partial charge is 0.258 e. The van der Waals surface area contributed by atoms with E-state index in [1.54, 1.807) is 24.3 Å². The Bertz CT molecular complexity index is 956. The normalized spacial score (nSPS) is 10.3. The Morgan fingerprint density at radius 3 is 2.67 bits per heavy atom. The molecule has 0 saturated heterocycles. The lowest BCUT2D eigenvalue weighted by Crippen LogP contribution is -2.19. The summed E-state index contributed by atoms with van der Waals surface area (Å²) in [5.74, 6) is -0.563. The fourth-order valence-corrected chi connectivity index (χ4v) is 2.25. The highest BCUT2D eigenvalue weighted by atomic mass is 19.1. The second-order valence-corrected chi connectivity index (χ2v) is 5.51. The molecule has 0 radical (unpaired) electrons. The van der Waals surface area contributed by atoms with E-state index in [9.17, 15) is 14.0 Å². The maximum Gasteiger partial charge on any atom is 0.258 e. The van der Waals surface area contributed by atoms with Gasteiger partial charge in [-0.2, -0.15) is 0 Å². The van der Waals surface area contributed by atoms with Gasteiger partial charge in [-0.3, -0.25) is 14.9 Å². The molecule has 3 aromatic rings. The molecular formula is C18H16FN5O3. The molecule has 0 aliphatic carbocycles. The van der Waals surface area contributed by atoms with Crippen molar-refractivity contribution in [3.63, 3.8) is 0 Å². The third-order valence-corrected chi connectivity index (χ3v) is 3.53. The summed E-state index contributed by atoms with van der Waals surface area (Å²) in [5.41, 5.74) is 0.854. The Hall–Kier alpha value is -3.75. The number of nitrogens with one attached hydrogen (secondary N) is 2. The van der Waals surface area contributed by atoms with Crippen molar-refractivity contribution in [2.45, 2.75) is 6.54 Å². The Morgan fingerprint density at radius 1 is 1.15 bits per heavy atom. The molecule has 9 heteroatoms. The second kappa shape index (κ2) is 8.09. The lowest BCUT2D eigenvalue weighted by atomic mass is 10.2. The molecule has 0 aliphatic heterocycles. The minimum absolute atomic E-state index is 0.0403. The lowest BCUT2D eigenvalue weighted by Gasteiger charge is -2.06. The number of benzene rings is 2. The molecule has 138 valence electrons. The number of halogens is 1. The van der Waals surface area contributed by atoms with E-state index in [0.717, 1.165) is 0 Å². The Balaban J connectivity index is 1.57. The third kappa shape index (κ3) is 4.88. The number of anilines is 2. The highest BCUT2D eigenvalue weighted by molar-refractivity contribution is 6.03. The summed E-state index contributed by atoms with van der Waals surface area (Å²) in [7, 11) is 1.54. The van der Waals surface area contributed by atoms with E-state index < -0.39 is 11.7 Å². The number of ether oxygens (including phenoxy) is 1. The van der Waals surface area contributed by atoms with Crippen molar-refractivity contribution >= 4 is 23.5 Å². The monoisotopic (exact) mass is 369 g/mol. The van der Waals surface area contributed by atoms with E-state index in [0.29, 0.717) is 11.4 Å². The molecule has 2 amide bonds. The molecule has 2 aromatic carbocycles. The van der Waals surface area contributed by atoms with Crippen LogP contribution in [0.4, 0.5) is 16.0 Å². The quantitative estimate of drug-likeness (QED) is 0.695. The zero-order valence-electron chi connectivity index (χ0n) is 14.3. The van der Waals surface area contributed by atoms with Crippen molar-refractivity contribution in [3.8, 4) is 5.75 Å². The molecule has 0 bridgehead atoms. The van der Waals surface area contributed by atoms with Crippen LogP contribution >= 0.6 is 0 Å². The van der Waals surface area contributed by atoms with Crippen LogP contribution in [0, 0.1) is 5.82 Å². The number of amides is 2. The van der Waals surface area contributed by atoms with Crippen LogP contribution < -0.4 is 15.4 Å². The summed E-state index contributed by atoms with van der Waals surface area (Å²) in [5, 5.41) is 9.22. The number of aromatic nitrogens is 3. The lowest BCUT2D eigenvalue weighted by molar-refractivity contribution is -0.116. The molecular weight excluding hydrogens is 353 g/mol. The van der Waals surface area contributed by atoms with E-state index in [1.807, 2.05) is 0 Å². The van der Waals surface area contributed by atoms with Gasteiger partial charge in [-0.05, 0) is 36.4 Å². The van der Waals surface area contributed by atoms with Crippen LogP contribution in [0.15, 0.2) is 54.9 Å². The SMILES string of the molecule is COc1cccc(NC(=O)Cn2cnc(NC(=O)c3ccc(F)cc3)n2)c1. The van der Waals surface area contributed by atoms with Gasteiger partial charge in [0, 0.05) is 17.3 Å². The van der Waals surface area contributed by atoms with Crippen LogP contribution in [0.25, 0.3) is 0 Å². The number of carbonyl (C=O) groups is 2. The fourth-order valence-electron chi connectivity index (χ4n) is 2.25. The van der Waals surface area contributed by atoms with Gasteiger partial charge in [-0.1, -0.05) is 6.07 Å². The molecule has 2 N–H and O–H groups in total. The zero-order chi connectivity index (χ0) is 19.2. The molecule has 0 fully saturated rings. The maximum atomic E-state index is 12.9. The number of methoxy groups -OCH3 is 1. The first kappa shape index (κ1) is 18.1. The van der Waals surface area contributed by atoms with E-state index in [1.165, 1.54) is 42.4 Å². The Morgan fingerprint density at radius 2 is 1.93 bits per heavy atom. The average Bonchev–Trinajstić information content (AvgIpc) is 3.08. The number of carbonyl (C=O) groups excluding carboxylic acids is 2. The first-order chi connectivity index (χ1) is 13.0. The largest absolute Gasteiger partial charge is 0.497 e. The molecule has 27 heavy (non-hydrogen) atoms. The van der Waals surface area contributed by atoms with Crippen LogP contribution in [-0.2, 0) is 11.3 Å². The maximum absolute atomic E-state index is 12.9. The van der Waals surface area contributed by atoms with Gasteiger partial charge in [0.05, 0.1) is 7.11 Å². The van der Waals surface area contributed by atoms with Gasteiger partial charge in [0.25, 0.3) is 5.91 Å². The molecule has 0 aliphatic rings. The number of hydrogen-bond acceptors (Lipinski definition) is 5. The summed E-state index contributed by atoms with van der Waals surface area (Å²) in [6.07, 6.45) is 1.32. The van der Waals surface area contributed by atoms with Crippen LogP contribution in [0.5, 0.6) is 5.75 Å². The van der Waals surface area contributed by atoms with Gasteiger partial charge in [0.2, 0.25) is 11.9 Å². The van der Waals surface area contributed by atoms with Crippen molar-refractivity contribution in [3.05, 3.63) is 66.2 Å². The van der Waals surface area contributed by atoms with Gasteiger partial charge in [-0.15, -0.1) is 5.10 Å². The van der Waals surface area contributed by atoms with E-state index in [2.05, 4.69) is 20.7 Å². The summed E-state index contributed by atoms with van der Waals surface area (Å²) >= 11 is 0. The molecule has 0 unspecified atom stereocenters. The van der Waals surface area contributed by atoms with Crippen LogP contribution in [-0.4, -0.2) is 33.7 Å². The zero-order valence-corrected chi connectivity index (χ0v) is 14.3. The topological polar surface area (TPSA) is 98.1 Å². The Kier molecular flexibility index (Phi) is 5.41. The van der Waals surface area contributed by atoms with Gasteiger partial charge in [-0.25, -0.2) is 14.1 Å². The van der Waals surface area contributed by atoms with Crippen LogP contribution in [0.1, 0.15) is 10.4 Å². The predicted molar refractivity (Wildman–Crippen MR) is 96.0 cm³/mol. The van der Waals surface area contributed by atoms with Crippen LogP contribution in [0.2, 0.25) is 0 Å². The molecule has 0 saturated carbocycles. The molecule has 0 atom stereocenters. The highest BCUT2D eigenvalue weighted by Crippen LogP contribution is 2.16. The molecule has 1 heterocycles. The first-order valence-corrected chi connectivity index (χ1v) is 7.94. The Labute approximate surface area is 154 Å². The number of hydrogen-bond donors (Lipinski definition) is 2. The van der Waals surface area contributed by atoms with Crippen LogP contribution in [0.3, 0.4) is 0 Å². The average molecular weight is 369 g/mol. The van der Waals surface area contributed by atoms with Gasteiger partial charge >= 0.3 is 0 Å². The van der Waals surface area contributed by atoms with Gasteiger partial charge in [0.15, 0.2) is 0 Å². The van der Waals surface area contributed by atoms with Crippen molar-refractivity contribution in [2.24, 2.45) is 0 Å². The molecule has 0 spiro atoms. The summed E-state index contributed by atoms with van der Waals surface area (Å²) in [4.78, 5) is 28.1. The van der Waals surface area contributed by atoms with Crippen molar-refractivity contribution in [2.75, 3.05) is 17.7 Å². The summed E-state index contributed by atoms with van der Waals surface area (Å²) in [6.45, 7) is -0.0867. The molecule has 1 aromatic heterocycles. The van der Waals surface area contributed by atoms with Crippen molar-refractivity contribution < 1.29 is 18.7 Å². The van der Waals surface area contributed by atoms with E-state index >= 15 is 0 Å². The summed E-state index contributed by atoms with van der Waals surface area (Å²) < 4.78 is 19.3. The minimum Gasteiger partial charge on any atom is -0.497 e. The third-order valence-electron chi connectivity index (χ3n) is 3.53.